The predicted molar refractivity (Wildman–Crippen MR) is 157 cm³/mol. The zero-order valence-electron chi connectivity index (χ0n) is 22.4. The summed E-state index contributed by atoms with van der Waals surface area (Å²) >= 11 is 0. The molecule has 1 heteroatoms. The van der Waals surface area contributed by atoms with Crippen LogP contribution in [0.4, 0.5) is 0 Å². The first kappa shape index (κ1) is 22.9. The molecule has 0 bridgehead atoms. The molecule has 0 unspecified atom stereocenters. The number of benzene rings is 5. The first-order valence-electron chi connectivity index (χ1n) is 13.4. The SMILES string of the molecule is Cc1ccc(-c2ccc3c(c2)C(=O)c2cc(-c4ccc5c(c4)-c4ccccc4C5(C)C)ccc2C3)cc1C. The molecule has 0 radical (unpaired) electrons. The van der Waals surface area contributed by atoms with E-state index in [1.807, 2.05) is 0 Å². The van der Waals surface area contributed by atoms with E-state index in [4.69, 9.17) is 0 Å². The van der Waals surface area contributed by atoms with Crippen LogP contribution in [0.3, 0.4) is 0 Å². The number of hydrogen-bond acceptors (Lipinski definition) is 1. The summed E-state index contributed by atoms with van der Waals surface area (Å²) in [6.07, 6.45) is 0.787. The second-order valence-corrected chi connectivity index (χ2v) is 11.5. The van der Waals surface area contributed by atoms with Crippen molar-refractivity contribution in [2.24, 2.45) is 0 Å². The van der Waals surface area contributed by atoms with Gasteiger partial charge < -0.3 is 0 Å². The van der Waals surface area contributed by atoms with E-state index in [1.54, 1.807) is 0 Å². The van der Waals surface area contributed by atoms with Crippen molar-refractivity contribution in [2.75, 3.05) is 0 Å². The van der Waals surface area contributed by atoms with Crippen molar-refractivity contribution in [3.63, 3.8) is 0 Å². The molecule has 7 rings (SSSR count). The van der Waals surface area contributed by atoms with Crippen LogP contribution in [0.25, 0.3) is 33.4 Å². The Labute approximate surface area is 224 Å². The maximum absolute atomic E-state index is 13.8. The van der Waals surface area contributed by atoms with Crippen molar-refractivity contribution in [1.82, 2.24) is 0 Å². The predicted octanol–water partition coefficient (Wildman–Crippen LogP) is 9.08. The molecular formula is C37H30O. The molecule has 0 fully saturated rings. The van der Waals surface area contributed by atoms with Gasteiger partial charge in [0, 0.05) is 16.5 Å². The molecule has 184 valence electrons. The number of carbonyl (C=O) groups is 1. The van der Waals surface area contributed by atoms with Crippen molar-refractivity contribution in [3.05, 3.63) is 142 Å². The Morgan fingerprint density at radius 3 is 1.71 bits per heavy atom. The molecule has 5 aromatic carbocycles. The first-order chi connectivity index (χ1) is 18.3. The molecule has 2 aliphatic rings. The number of ketones is 1. The Kier molecular flexibility index (Phi) is 4.91. The molecule has 0 amide bonds. The molecule has 1 nitrogen and oxygen atoms in total. The Morgan fingerprint density at radius 1 is 0.526 bits per heavy atom. The highest BCUT2D eigenvalue weighted by molar-refractivity contribution is 6.13. The quantitative estimate of drug-likeness (QED) is 0.237. The van der Waals surface area contributed by atoms with Crippen LogP contribution in [0.1, 0.15) is 63.1 Å². The monoisotopic (exact) mass is 490 g/mol. The minimum atomic E-state index is -0.00627. The van der Waals surface area contributed by atoms with Crippen LogP contribution in [0.15, 0.2) is 97.1 Å². The fourth-order valence-corrected chi connectivity index (χ4v) is 6.41. The maximum Gasteiger partial charge on any atom is 0.193 e. The maximum atomic E-state index is 13.8. The van der Waals surface area contributed by atoms with Gasteiger partial charge in [0.25, 0.3) is 0 Å². The summed E-state index contributed by atoms with van der Waals surface area (Å²) in [7, 11) is 0. The lowest BCUT2D eigenvalue weighted by atomic mass is 9.81. The van der Waals surface area contributed by atoms with Gasteiger partial charge in [0.15, 0.2) is 5.78 Å². The summed E-state index contributed by atoms with van der Waals surface area (Å²) in [5.74, 6) is 0.126. The lowest BCUT2D eigenvalue weighted by Gasteiger charge is -2.22. The van der Waals surface area contributed by atoms with Crippen molar-refractivity contribution < 1.29 is 4.79 Å². The van der Waals surface area contributed by atoms with E-state index in [1.165, 1.54) is 33.4 Å². The molecule has 0 heterocycles. The highest BCUT2D eigenvalue weighted by Crippen LogP contribution is 2.49. The first-order valence-corrected chi connectivity index (χ1v) is 13.4. The van der Waals surface area contributed by atoms with Gasteiger partial charge >= 0.3 is 0 Å². The summed E-state index contributed by atoms with van der Waals surface area (Å²) in [4.78, 5) is 13.8. The molecule has 0 N–H and O–H groups in total. The van der Waals surface area contributed by atoms with E-state index < -0.39 is 0 Å². The third-order valence-corrected chi connectivity index (χ3v) is 8.85. The van der Waals surface area contributed by atoms with E-state index in [9.17, 15) is 4.79 Å². The summed E-state index contributed by atoms with van der Waals surface area (Å²) in [5.41, 5.74) is 16.3. The van der Waals surface area contributed by atoms with Crippen molar-refractivity contribution in [1.29, 1.82) is 0 Å². The minimum Gasteiger partial charge on any atom is -0.289 e. The van der Waals surface area contributed by atoms with E-state index in [-0.39, 0.29) is 11.2 Å². The van der Waals surface area contributed by atoms with Crippen LogP contribution in [-0.4, -0.2) is 5.78 Å². The van der Waals surface area contributed by atoms with Crippen molar-refractivity contribution in [2.45, 2.75) is 39.5 Å². The molecular weight excluding hydrogens is 460 g/mol. The van der Waals surface area contributed by atoms with Gasteiger partial charge in [-0.2, -0.15) is 0 Å². The second kappa shape index (κ2) is 8.13. The molecule has 0 saturated heterocycles. The molecule has 0 aliphatic heterocycles. The Bertz CT molecular complexity index is 1800. The van der Waals surface area contributed by atoms with Crippen LogP contribution >= 0.6 is 0 Å². The third-order valence-electron chi connectivity index (χ3n) is 8.85. The fourth-order valence-electron chi connectivity index (χ4n) is 6.41. The lowest BCUT2D eigenvalue weighted by Crippen LogP contribution is -2.15. The summed E-state index contributed by atoms with van der Waals surface area (Å²) in [6.45, 7) is 8.88. The fraction of sp³-hybridized carbons (Fsp3) is 0.162. The molecule has 2 aliphatic carbocycles. The Balaban J connectivity index is 1.28. The average Bonchev–Trinajstić information content (AvgIpc) is 3.16. The van der Waals surface area contributed by atoms with E-state index in [0.717, 1.165) is 50.9 Å². The Morgan fingerprint density at radius 2 is 1.05 bits per heavy atom. The van der Waals surface area contributed by atoms with Gasteiger partial charge in [-0.05, 0) is 105 Å². The largest absolute Gasteiger partial charge is 0.289 e. The highest BCUT2D eigenvalue weighted by atomic mass is 16.1. The summed E-state index contributed by atoms with van der Waals surface area (Å²) in [6, 6.07) is 34.9. The number of fused-ring (bicyclic) bond motifs is 5. The number of carbonyl (C=O) groups excluding carboxylic acids is 1. The summed E-state index contributed by atoms with van der Waals surface area (Å²) in [5, 5.41) is 0. The molecule has 0 spiro atoms. The van der Waals surface area contributed by atoms with E-state index >= 15 is 0 Å². The van der Waals surface area contributed by atoms with Gasteiger partial charge in [-0.15, -0.1) is 0 Å². The zero-order chi connectivity index (χ0) is 26.2. The topological polar surface area (TPSA) is 17.1 Å². The highest BCUT2D eigenvalue weighted by Gasteiger charge is 2.35. The van der Waals surface area contributed by atoms with Gasteiger partial charge in [-0.1, -0.05) is 92.7 Å². The van der Waals surface area contributed by atoms with Crippen LogP contribution in [0, 0.1) is 13.8 Å². The number of rotatable bonds is 2. The number of hydrogen-bond donors (Lipinski definition) is 0. The smallest absolute Gasteiger partial charge is 0.193 e. The van der Waals surface area contributed by atoms with Gasteiger partial charge in [0.2, 0.25) is 0 Å². The second-order valence-electron chi connectivity index (χ2n) is 11.5. The van der Waals surface area contributed by atoms with Gasteiger partial charge in [-0.25, -0.2) is 0 Å². The van der Waals surface area contributed by atoms with Gasteiger partial charge in [0.05, 0.1) is 0 Å². The molecule has 5 aromatic rings. The van der Waals surface area contributed by atoms with E-state index in [0.29, 0.717) is 0 Å². The van der Waals surface area contributed by atoms with Crippen LogP contribution < -0.4 is 0 Å². The van der Waals surface area contributed by atoms with Gasteiger partial charge in [-0.3, -0.25) is 4.79 Å². The van der Waals surface area contributed by atoms with E-state index in [2.05, 4.69) is 125 Å². The standard InChI is InChI=1S/C37H30O/c1-22-9-10-24(17-23(22)2)25-11-13-28-18-29-14-12-26(20-32(29)36(38)31(28)19-25)27-15-16-35-33(21-27)30-7-5-6-8-34(30)37(35,3)4/h5-17,19-21H,18H2,1-4H3. The zero-order valence-corrected chi connectivity index (χ0v) is 22.4. The minimum absolute atomic E-state index is 0.00627. The lowest BCUT2D eigenvalue weighted by molar-refractivity contribution is 0.103. The molecule has 38 heavy (non-hydrogen) atoms. The van der Waals surface area contributed by atoms with Crippen LogP contribution in [0.5, 0.6) is 0 Å². The molecule has 0 aromatic heterocycles. The van der Waals surface area contributed by atoms with Crippen LogP contribution in [-0.2, 0) is 11.8 Å². The number of aryl methyl sites for hydroxylation is 2. The van der Waals surface area contributed by atoms with Crippen molar-refractivity contribution >= 4 is 5.78 Å². The summed E-state index contributed by atoms with van der Waals surface area (Å²) < 4.78 is 0. The Hall–Kier alpha value is -4.23. The molecule has 0 atom stereocenters. The normalized spacial score (nSPS) is 14.5. The third kappa shape index (κ3) is 3.35. The van der Waals surface area contributed by atoms with Crippen LogP contribution in [0.2, 0.25) is 0 Å². The average molecular weight is 491 g/mol. The van der Waals surface area contributed by atoms with Gasteiger partial charge in [0.1, 0.15) is 0 Å². The van der Waals surface area contributed by atoms with Crippen molar-refractivity contribution in [3.8, 4) is 33.4 Å². The molecule has 0 saturated carbocycles.